The Kier molecular flexibility index (Phi) is 7.64. The van der Waals surface area contributed by atoms with E-state index in [9.17, 15) is 9.59 Å². The number of hydrogen-bond acceptors (Lipinski definition) is 3. The maximum Gasteiger partial charge on any atom is 0.233 e. The molecule has 0 aromatic rings. The van der Waals surface area contributed by atoms with Gasteiger partial charge in [0.1, 0.15) is 0 Å². The molecule has 1 saturated carbocycles. The number of nitrogens with one attached hydrogen (secondary N) is 2. The van der Waals surface area contributed by atoms with Crippen LogP contribution in [-0.2, 0) is 9.59 Å². The van der Waals surface area contributed by atoms with Crippen molar-refractivity contribution in [1.29, 1.82) is 0 Å². The number of nitrogens with two attached hydrogens (primary N) is 1. The van der Waals surface area contributed by atoms with E-state index in [1.165, 1.54) is 0 Å². The molecule has 0 aromatic heterocycles. The molecule has 0 unspecified atom stereocenters. The van der Waals surface area contributed by atoms with Gasteiger partial charge in [-0.2, -0.15) is 0 Å². The molecule has 1 aliphatic rings. The van der Waals surface area contributed by atoms with Gasteiger partial charge >= 0.3 is 0 Å². The molecule has 0 atom stereocenters. The summed E-state index contributed by atoms with van der Waals surface area (Å²) in [5, 5.41) is 5.63. The van der Waals surface area contributed by atoms with Gasteiger partial charge in [-0.05, 0) is 19.3 Å². The first-order chi connectivity index (χ1) is 10.0. The highest BCUT2D eigenvalue weighted by Gasteiger charge is 2.41. The Morgan fingerprint density at radius 2 is 1.71 bits per heavy atom. The number of hydrogen-bond donors (Lipinski definition) is 3. The molecule has 0 radical (unpaired) electrons. The van der Waals surface area contributed by atoms with Crippen molar-refractivity contribution >= 4 is 29.0 Å². The number of thiocarbonyl (C=S) groups is 1. The number of rotatable bonds is 7. The van der Waals surface area contributed by atoms with E-state index >= 15 is 0 Å². The Labute approximate surface area is 132 Å². The van der Waals surface area contributed by atoms with E-state index in [0.29, 0.717) is 19.5 Å². The van der Waals surface area contributed by atoms with Crippen LogP contribution in [0.4, 0.5) is 0 Å². The molecule has 0 aromatic carbocycles. The highest BCUT2D eigenvalue weighted by atomic mass is 32.1. The monoisotopic (exact) mass is 313 g/mol. The molecule has 120 valence electrons. The Bertz CT molecular complexity index is 377. The molecule has 6 heteroatoms. The van der Waals surface area contributed by atoms with Crippen LogP contribution >= 0.6 is 12.2 Å². The molecule has 21 heavy (non-hydrogen) atoms. The van der Waals surface area contributed by atoms with Crippen molar-refractivity contribution in [2.24, 2.45) is 11.1 Å². The number of carbonyl (C=O) groups excluding carboxylic acids is 2. The van der Waals surface area contributed by atoms with Gasteiger partial charge in [0.25, 0.3) is 0 Å². The van der Waals surface area contributed by atoms with Crippen molar-refractivity contribution in [3.05, 3.63) is 0 Å². The SMILES string of the molecule is CCCNC(=O)CCNC(=O)C1(C(N)=S)CCCCCC1. The van der Waals surface area contributed by atoms with Crippen LogP contribution in [0.15, 0.2) is 0 Å². The largest absolute Gasteiger partial charge is 0.392 e. The standard InChI is InChI=1S/C15H27N3O2S/c1-2-10-17-12(19)7-11-18-14(20)15(13(16)21)8-5-3-4-6-9-15/h2-11H2,1H3,(H2,16,21)(H,17,19)(H,18,20). The Morgan fingerprint density at radius 3 is 2.24 bits per heavy atom. The molecular weight excluding hydrogens is 286 g/mol. The van der Waals surface area contributed by atoms with E-state index in [1.54, 1.807) is 0 Å². The lowest BCUT2D eigenvalue weighted by atomic mass is 9.79. The third kappa shape index (κ3) is 5.26. The zero-order valence-corrected chi connectivity index (χ0v) is 13.7. The van der Waals surface area contributed by atoms with Gasteiger partial charge in [-0.1, -0.05) is 44.8 Å². The highest BCUT2D eigenvalue weighted by molar-refractivity contribution is 7.80. The van der Waals surface area contributed by atoms with E-state index in [1.807, 2.05) is 6.92 Å². The molecular formula is C15H27N3O2S. The summed E-state index contributed by atoms with van der Waals surface area (Å²) in [4.78, 5) is 24.3. The van der Waals surface area contributed by atoms with E-state index < -0.39 is 5.41 Å². The molecule has 5 nitrogen and oxygen atoms in total. The summed E-state index contributed by atoms with van der Waals surface area (Å²) in [5.74, 6) is -0.150. The van der Waals surface area contributed by atoms with Gasteiger partial charge in [0.2, 0.25) is 11.8 Å². The van der Waals surface area contributed by atoms with E-state index in [4.69, 9.17) is 18.0 Å². The molecule has 1 rings (SSSR count). The lowest BCUT2D eigenvalue weighted by molar-refractivity contribution is -0.128. The molecule has 1 aliphatic carbocycles. The zero-order chi connectivity index (χ0) is 15.7. The molecule has 0 bridgehead atoms. The second kappa shape index (κ2) is 8.97. The fourth-order valence-electron chi connectivity index (χ4n) is 2.73. The Balaban J connectivity index is 2.50. The van der Waals surface area contributed by atoms with Gasteiger partial charge < -0.3 is 16.4 Å². The number of amides is 2. The minimum atomic E-state index is -0.717. The van der Waals surface area contributed by atoms with Crippen molar-refractivity contribution in [1.82, 2.24) is 10.6 Å². The molecule has 4 N–H and O–H groups in total. The lowest BCUT2D eigenvalue weighted by Gasteiger charge is -2.30. The fraction of sp³-hybridized carbons (Fsp3) is 0.800. The molecule has 0 aliphatic heterocycles. The van der Waals surface area contributed by atoms with Crippen molar-refractivity contribution in [2.75, 3.05) is 13.1 Å². The Hall–Kier alpha value is -1.17. The van der Waals surface area contributed by atoms with Gasteiger partial charge in [-0.25, -0.2) is 0 Å². The second-order valence-corrected chi connectivity index (χ2v) is 6.16. The quantitative estimate of drug-likeness (QED) is 0.493. The van der Waals surface area contributed by atoms with Gasteiger partial charge in [0, 0.05) is 19.5 Å². The third-order valence-corrected chi connectivity index (χ3v) is 4.46. The van der Waals surface area contributed by atoms with Gasteiger partial charge in [-0.15, -0.1) is 0 Å². The summed E-state index contributed by atoms with van der Waals surface area (Å²) in [6.45, 7) is 3.00. The van der Waals surface area contributed by atoms with Crippen molar-refractivity contribution < 1.29 is 9.59 Å². The normalized spacial score (nSPS) is 17.6. The predicted molar refractivity (Wildman–Crippen MR) is 87.8 cm³/mol. The summed E-state index contributed by atoms with van der Waals surface area (Å²) in [6, 6.07) is 0. The molecule has 0 heterocycles. The van der Waals surface area contributed by atoms with Gasteiger partial charge in [0.15, 0.2) is 0 Å². The van der Waals surface area contributed by atoms with Crippen LogP contribution in [-0.4, -0.2) is 29.9 Å². The van der Waals surface area contributed by atoms with E-state index in [0.717, 1.165) is 44.9 Å². The zero-order valence-electron chi connectivity index (χ0n) is 12.9. The first-order valence-corrected chi connectivity index (χ1v) is 8.28. The average molecular weight is 313 g/mol. The second-order valence-electron chi connectivity index (χ2n) is 5.72. The maximum atomic E-state index is 12.5. The van der Waals surface area contributed by atoms with Crippen molar-refractivity contribution in [3.8, 4) is 0 Å². The first kappa shape index (κ1) is 17.9. The lowest BCUT2D eigenvalue weighted by Crippen LogP contribution is -2.49. The summed E-state index contributed by atoms with van der Waals surface area (Å²) in [7, 11) is 0. The minimum Gasteiger partial charge on any atom is -0.392 e. The highest BCUT2D eigenvalue weighted by Crippen LogP contribution is 2.35. The van der Waals surface area contributed by atoms with Gasteiger partial charge in [-0.3, -0.25) is 9.59 Å². The molecule has 0 spiro atoms. The van der Waals surface area contributed by atoms with Crippen LogP contribution in [0, 0.1) is 5.41 Å². The van der Waals surface area contributed by atoms with Crippen LogP contribution in [0.25, 0.3) is 0 Å². The molecule has 2 amide bonds. The maximum absolute atomic E-state index is 12.5. The van der Waals surface area contributed by atoms with Crippen LogP contribution in [0.1, 0.15) is 58.3 Å². The van der Waals surface area contributed by atoms with Crippen LogP contribution < -0.4 is 16.4 Å². The first-order valence-electron chi connectivity index (χ1n) is 7.88. The van der Waals surface area contributed by atoms with E-state index in [-0.39, 0.29) is 16.8 Å². The fourth-order valence-corrected chi connectivity index (χ4v) is 3.03. The average Bonchev–Trinajstić information content (AvgIpc) is 2.71. The van der Waals surface area contributed by atoms with Gasteiger partial charge in [0.05, 0.1) is 10.4 Å². The summed E-state index contributed by atoms with van der Waals surface area (Å²) < 4.78 is 0. The molecule has 0 saturated heterocycles. The summed E-state index contributed by atoms with van der Waals surface area (Å²) in [5.41, 5.74) is 5.14. The predicted octanol–water partition coefficient (Wildman–Crippen LogP) is 1.65. The number of carbonyl (C=O) groups is 2. The van der Waals surface area contributed by atoms with Crippen LogP contribution in [0.5, 0.6) is 0 Å². The van der Waals surface area contributed by atoms with Crippen molar-refractivity contribution in [3.63, 3.8) is 0 Å². The third-order valence-electron chi connectivity index (χ3n) is 4.07. The molecule has 1 fully saturated rings. The minimum absolute atomic E-state index is 0.0395. The Morgan fingerprint density at radius 1 is 1.10 bits per heavy atom. The van der Waals surface area contributed by atoms with Crippen LogP contribution in [0.2, 0.25) is 0 Å². The summed E-state index contributed by atoms with van der Waals surface area (Å²) >= 11 is 5.16. The topological polar surface area (TPSA) is 84.2 Å². The van der Waals surface area contributed by atoms with Crippen LogP contribution in [0.3, 0.4) is 0 Å². The summed E-state index contributed by atoms with van der Waals surface area (Å²) in [6.07, 6.45) is 6.83. The smallest absolute Gasteiger partial charge is 0.233 e. The van der Waals surface area contributed by atoms with E-state index in [2.05, 4.69) is 10.6 Å². The van der Waals surface area contributed by atoms with Crippen molar-refractivity contribution in [2.45, 2.75) is 58.3 Å².